The maximum Gasteiger partial charge on any atom is 0.242 e. The van der Waals surface area contributed by atoms with E-state index in [0.717, 1.165) is 28.3 Å². The lowest BCUT2D eigenvalue weighted by atomic mass is 10.0. The number of hydrogen-bond donors (Lipinski definition) is 3. The van der Waals surface area contributed by atoms with Crippen molar-refractivity contribution in [3.63, 3.8) is 0 Å². The van der Waals surface area contributed by atoms with E-state index in [2.05, 4.69) is 16.2 Å². The molecule has 26 heavy (non-hydrogen) atoms. The number of carbonyl (C=O) groups is 1. The number of rotatable bonds is 5. The molecule has 0 radical (unpaired) electrons. The SMILES string of the molecule is COc1ccc(C2CC(C(=O)Nc3cc(Cl)ccc3C)NN2)c(OC)c1. The third-order valence-corrected chi connectivity index (χ3v) is 4.73. The van der Waals surface area contributed by atoms with E-state index in [1.807, 2.05) is 31.2 Å². The maximum atomic E-state index is 12.6. The summed E-state index contributed by atoms with van der Waals surface area (Å²) in [6.07, 6.45) is 0.591. The lowest BCUT2D eigenvalue weighted by Crippen LogP contribution is -2.39. The molecule has 2 unspecified atom stereocenters. The van der Waals surface area contributed by atoms with E-state index in [1.54, 1.807) is 26.4 Å². The van der Waals surface area contributed by atoms with Gasteiger partial charge in [-0.1, -0.05) is 23.7 Å². The van der Waals surface area contributed by atoms with Crippen molar-refractivity contribution in [2.45, 2.75) is 25.4 Å². The number of halogens is 1. The second-order valence-electron chi connectivity index (χ2n) is 6.19. The van der Waals surface area contributed by atoms with Crippen LogP contribution in [0.4, 0.5) is 5.69 Å². The number of anilines is 1. The zero-order valence-corrected chi connectivity index (χ0v) is 15.7. The molecule has 6 nitrogen and oxygen atoms in total. The van der Waals surface area contributed by atoms with Crippen molar-refractivity contribution in [2.75, 3.05) is 19.5 Å². The molecule has 0 aromatic heterocycles. The summed E-state index contributed by atoms with van der Waals surface area (Å²) in [5.74, 6) is 1.33. The van der Waals surface area contributed by atoms with E-state index in [9.17, 15) is 4.79 Å². The summed E-state index contributed by atoms with van der Waals surface area (Å²) < 4.78 is 10.7. The maximum absolute atomic E-state index is 12.6. The number of nitrogens with one attached hydrogen (secondary N) is 3. The van der Waals surface area contributed by atoms with Gasteiger partial charge >= 0.3 is 0 Å². The lowest BCUT2D eigenvalue weighted by molar-refractivity contribution is -0.117. The Labute approximate surface area is 157 Å². The quantitative estimate of drug-likeness (QED) is 0.748. The van der Waals surface area contributed by atoms with E-state index >= 15 is 0 Å². The summed E-state index contributed by atoms with van der Waals surface area (Å²) in [7, 11) is 3.23. The van der Waals surface area contributed by atoms with Gasteiger partial charge in [0.25, 0.3) is 0 Å². The van der Waals surface area contributed by atoms with Gasteiger partial charge in [0.2, 0.25) is 5.91 Å². The molecular weight excluding hydrogens is 354 g/mol. The van der Waals surface area contributed by atoms with E-state index in [-0.39, 0.29) is 18.0 Å². The van der Waals surface area contributed by atoms with Crippen LogP contribution < -0.4 is 25.6 Å². The fourth-order valence-corrected chi connectivity index (χ4v) is 3.16. The van der Waals surface area contributed by atoms with Gasteiger partial charge in [-0.3, -0.25) is 4.79 Å². The number of hydrogen-bond acceptors (Lipinski definition) is 5. The highest BCUT2D eigenvalue weighted by Crippen LogP contribution is 2.33. The fourth-order valence-electron chi connectivity index (χ4n) is 2.99. The number of hydrazine groups is 1. The van der Waals surface area contributed by atoms with Gasteiger partial charge in [-0.05, 0) is 37.1 Å². The molecule has 1 aliphatic heterocycles. The largest absolute Gasteiger partial charge is 0.497 e. The molecule has 1 heterocycles. The van der Waals surface area contributed by atoms with Crippen molar-refractivity contribution in [3.8, 4) is 11.5 Å². The Morgan fingerprint density at radius 2 is 1.96 bits per heavy atom. The molecule has 1 aliphatic rings. The molecule has 1 fully saturated rings. The third-order valence-electron chi connectivity index (χ3n) is 4.49. The summed E-state index contributed by atoms with van der Waals surface area (Å²) >= 11 is 6.02. The van der Waals surface area contributed by atoms with Crippen LogP contribution in [0.2, 0.25) is 5.02 Å². The Morgan fingerprint density at radius 1 is 1.15 bits per heavy atom. The van der Waals surface area contributed by atoms with E-state index in [0.29, 0.717) is 11.4 Å². The first-order chi connectivity index (χ1) is 12.5. The zero-order chi connectivity index (χ0) is 18.7. The molecule has 2 aromatic carbocycles. The summed E-state index contributed by atoms with van der Waals surface area (Å²) in [6, 6.07) is 10.7. The predicted octanol–water partition coefficient (Wildman–Crippen LogP) is 3.21. The molecule has 0 aliphatic carbocycles. The van der Waals surface area contributed by atoms with Crippen LogP contribution in [-0.4, -0.2) is 26.2 Å². The number of carbonyl (C=O) groups excluding carboxylic acids is 1. The normalized spacial score (nSPS) is 19.2. The molecule has 0 bridgehead atoms. The molecule has 2 atom stereocenters. The van der Waals surface area contributed by atoms with E-state index < -0.39 is 0 Å². The molecule has 0 saturated carbocycles. The van der Waals surface area contributed by atoms with Gasteiger partial charge < -0.3 is 14.8 Å². The Morgan fingerprint density at radius 3 is 2.69 bits per heavy atom. The predicted molar refractivity (Wildman–Crippen MR) is 102 cm³/mol. The van der Waals surface area contributed by atoms with Crippen LogP contribution >= 0.6 is 11.6 Å². The van der Waals surface area contributed by atoms with Gasteiger partial charge in [0.15, 0.2) is 0 Å². The van der Waals surface area contributed by atoms with Crippen LogP contribution in [0, 0.1) is 6.92 Å². The molecule has 1 amide bonds. The third kappa shape index (κ3) is 3.93. The second kappa shape index (κ2) is 7.95. The minimum absolute atomic E-state index is 0.0490. The number of aryl methyl sites for hydroxylation is 1. The van der Waals surface area contributed by atoms with Crippen LogP contribution in [0.1, 0.15) is 23.6 Å². The van der Waals surface area contributed by atoms with Gasteiger partial charge in [-0.15, -0.1) is 0 Å². The number of benzene rings is 2. The summed E-state index contributed by atoms with van der Waals surface area (Å²) in [5, 5.41) is 3.52. The van der Waals surface area contributed by atoms with Crippen LogP contribution in [-0.2, 0) is 4.79 Å². The number of amides is 1. The van der Waals surface area contributed by atoms with Gasteiger partial charge in [0.1, 0.15) is 17.5 Å². The van der Waals surface area contributed by atoms with Crippen molar-refractivity contribution in [3.05, 3.63) is 52.5 Å². The minimum atomic E-state index is -0.370. The zero-order valence-electron chi connectivity index (χ0n) is 14.9. The highest BCUT2D eigenvalue weighted by atomic mass is 35.5. The first-order valence-electron chi connectivity index (χ1n) is 8.32. The summed E-state index contributed by atoms with van der Waals surface area (Å²) in [6.45, 7) is 1.93. The molecule has 2 aromatic rings. The molecule has 3 N–H and O–H groups in total. The van der Waals surface area contributed by atoms with Crippen LogP contribution in [0.15, 0.2) is 36.4 Å². The van der Waals surface area contributed by atoms with Crippen molar-refractivity contribution >= 4 is 23.2 Å². The summed E-state index contributed by atoms with van der Waals surface area (Å²) in [5.41, 5.74) is 8.87. The van der Waals surface area contributed by atoms with Crippen molar-refractivity contribution in [2.24, 2.45) is 0 Å². The Hall–Kier alpha value is -2.28. The average molecular weight is 376 g/mol. The molecule has 3 rings (SSSR count). The molecular formula is C19H22ClN3O3. The van der Waals surface area contributed by atoms with Crippen molar-refractivity contribution in [1.29, 1.82) is 0 Å². The number of methoxy groups -OCH3 is 2. The second-order valence-corrected chi connectivity index (χ2v) is 6.62. The van der Waals surface area contributed by atoms with Gasteiger partial charge in [-0.25, -0.2) is 10.9 Å². The van der Waals surface area contributed by atoms with Crippen LogP contribution in [0.25, 0.3) is 0 Å². The highest BCUT2D eigenvalue weighted by molar-refractivity contribution is 6.31. The van der Waals surface area contributed by atoms with Crippen LogP contribution in [0.3, 0.4) is 0 Å². The van der Waals surface area contributed by atoms with E-state index in [4.69, 9.17) is 21.1 Å². The standard InChI is InChI=1S/C19H22ClN3O3/c1-11-4-5-12(20)8-15(11)21-19(24)17-10-16(22-23-17)14-7-6-13(25-2)9-18(14)26-3/h4-9,16-17,22-23H,10H2,1-3H3,(H,21,24). The molecule has 7 heteroatoms. The van der Waals surface area contributed by atoms with Crippen molar-refractivity contribution < 1.29 is 14.3 Å². The average Bonchev–Trinajstić information content (AvgIpc) is 3.14. The Balaban J connectivity index is 1.70. The topological polar surface area (TPSA) is 71.6 Å². The van der Waals surface area contributed by atoms with Crippen LogP contribution in [0.5, 0.6) is 11.5 Å². The van der Waals surface area contributed by atoms with Gasteiger partial charge in [0.05, 0.1) is 20.3 Å². The van der Waals surface area contributed by atoms with Gasteiger partial charge in [0, 0.05) is 22.3 Å². The minimum Gasteiger partial charge on any atom is -0.497 e. The first kappa shape index (κ1) is 18.5. The van der Waals surface area contributed by atoms with Crippen molar-refractivity contribution in [1.82, 2.24) is 10.9 Å². The van der Waals surface area contributed by atoms with Gasteiger partial charge in [-0.2, -0.15) is 0 Å². The highest BCUT2D eigenvalue weighted by Gasteiger charge is 2.32. The number of ether oxygens (including phenoxy) is 2. The fraction of sp³-hybridized carbons (Fsp3) is 0.316. The first-order valence-corrected chi connectivity index (χ1v) is 8.69. The summed E-state index contributed by atoms with van der Waals surface area (Å²) in [4.78, 5) is 12.6. The smallest absolute Gasteiger partial charge is 0.242 e. The molecule has 0 spiro atoms. The Bertz CT molecular complexity index is 813. The lowest BCUT2D eigenvalue weighted by Gasteiger charge is -2.15. The Kier molecular flexibility index (Phi) is 5.66. The van der Waals surface area contributed by atoms with E-state index in [1.165, 1.54) is 0 Å². The molecule has 1 saturated heterocycles. The monoisotopic (exact) mass is 375 g/mol. The molecule has 138 valence electrons.